The summed E-state index contributed by atoms with van der Waals surface area (Å²) in [6.07, 6.45) is 3.70. The van der Waals surface area contributed by atoms with Gasteiger partial charge < -0.3 is 20.1 Å². The SMILES string of the molecule is OCC1CCCN1c1cc(NCc2cccc(CN3CCOCC3)c2)ncn1. The first kappa shape index (κ1) is 19.1. The Labute approximate surface area is 166 Å². The fourth-order valence-electron chi connectivity index (χ4n) is 3.98. The molecular formula is C21H29N5O2. The zero-order valence-electron chi connectivity index (χ0n) is 16.3. The molecular weight excluding hydrogens is 354 g/mol. The zero-order valence-corrected chi connectivity index (χ0v) is 16.3. The van der Waals surface area contributed by atoms with Crippen molar-refractivity contribution in [1.82, 2.24) is 14.9 Å². The molecule has 1 aromatic heterocycles. The van der Waals surface area contributed by atoms with Gasteiger partial charge in [-0.15, -0.1) is 0 Å². The number of aliphatic hydroxyl groups is 1. The van der Waals surface area contributed by atoms with Gasteiger partial charge in [0.05, 0.1) is 25.9 Å². The Bertz CT molecular complexity index is 766. The van der Waals surface area contributed by atoms with Gasteiger partial charge in [0.1, 0.15) is 18.0 Å². The van der Waals surface area contributed by atoms with Crippen molar-refractivity contribution >= 4 is 11.6 Å². The summed E-state index contributed by atoms with van der Waals surface area (Å²) in [6.45, 7) is 6.43. The number of rotatable bonds is 7. The van der Waals surface area contributed by atoms with Gasteiger partial charge in [0.2, 0.25) is 0 Å². The van der Waals surface area contributed by atoms with Crippen LogP contribution in [0.25, 0.3) is 0 Å². The highest BCUT2D eigenvalue weighted by Gasteiger charge is 2.25. The third-order valence-corrected chi connectivity index (χ3v) is 5.51. The van der Waals surface area contributed by atoms with E-state index in [4.69, 9.17) is 4.74 Å². The number of anilines is 2. The minimum atomic E-state index is 0.166. The first-order valence-corrected chi connectivity index (χ1v) is 10.1. The molecule has 1 atom stereocenters. The lowest BCUT2D eigenvalue weighted by molar-refractivity contribution is 0.0342. The van der Waals surface area contributed by atoms with Gasteiger partial charge in [0.25, 0.3) is 0 Å². The first-order valence-electron chi connectivity index (χ1n) is 10.1. The standard InChI is InChI=1S/C21H29N5O2/c27-15-19-5-2-6-26(19)21-12-20(23-16-24-21)22-13-17-3-1-4-18(11-17)14-25-7-9-28-10-8-25/h1,3-4,11-12,16,19,27H,2,5-10,13-15H2,(H,22,23,24). The summed E-state index contributed by atoms with van der Waals surface area (Å²) in [4.78, 5) is 13.4. The fourth-order valence-corrected chi connectivity index (χ4v) is 3.98. The number of hydrogen-bond donors (Lipinski definition) is 2. The quantitative estimate of drug-likeness (QED) is 0.756. The van der Waals surface area contributed by atoms with Crippen LogP contribution in [0.15, 0.2) is 36.7 Å². The molecule has 0 amide bonds. The molecule has 3 heterocycles. The van der Waals surface area contributed by atoms with E-state index in [2.05, 4.69) is 49.4 Å². The van der Waals surface area contributed by atoms with Crippen LogP contribution in [-0.4, -0.2) is 65.5 Å². The average molecular weight is 383 g/mol. The number of nitrogens with one attached hydrogen (secondary N) is 1. The Hall–Kier alpha value is -2.22. The molecule has 4 rings (SSSR count). The van der Waals surface area contributed by atoms with E-state index in [1.54, 1.807) is 6.33 Å². The maximum Gasteiger partial charge on any atom is 0.134 e. The van der Waals surface area contributed by atoms with Gasteiger partial charge in [0.15, 0.2) is 0 Å². The van der Waals surface area contributed by atoms with E-state index in [0.29, 0.717) is 0 Å². The molecule has 2 saturated heterocycles. The summed E-state index contributed by atoms with van der Waals surface area (Å²) >= 11 is 0. The van der Waals surface area contributed by atoms with Crippen LogP contribution in [0.4, 0.5) is 11.6 Å². The van der Waals surface area contributed by atoms with Crippen molar-refractivity contribution in [1.29, 1.82) is 0 Å². The molecule has 2 fully saturated rings. The van der Waals surface area contributed by atoms with Gasteiger partial charge >= 0.3 is 0 Å². The molecule has 0 saturated carbocycles. The summed E-state index contributed by atoms with van der Waals surface area (Å²) < 4.78 is 5.43. The van der Waals surface area contributed by atoms with Crippen LogP contribution in [0, 0.1) is 0 Å². The molecule has 7 nitrogen and oxygen atoms in total. The number of hydrogen-bond acceptors (Lipinski definition) is 7. The highest BCUT2D eigenvalue weighted by molar-refractivity contribution is 5.50. The lowest BCUT2D eigenvalue weighted by Crippen LogP contribution is -2.35. The highest BCUT2D eigenvalue weighted by atomic mass is 16.5. The molecule has 2 N–H and O–H groups in total. The molecule has 0 spiro atoms. The van der Waals surface area contributed by atoms with E-state index >= 15 is 0 Å². The number of morpholine rings is 1. The molecule has 0 bridgehead atoms. The summed E-state index contributed by atoms with van der Waals surface area (Å²) in [7, 11) is 0. The molecule has 0 aliphatic carbocycles. The van der Waals surface area contributed by atoms with E-state index in [1.807, 2.05) is 6.07 Å². The third kappa shape index (κ3) is 4.79. The van der Waals surface area contributed by atoms with Crippen molar-refractivity contribution in [3.8, 4) is 0 Å². The van der Waals surface area contributed by atoms with Crippen LogP contribution in [-0.2, 0) is 17.8 Å². The Kier molecular flexibility index (Phi) is 6.36. The molecule has 28 heavy (non-hydrogen) atoms. The van der Waals surface area contributed by atoms with Crippen molar-refractivity contribution < 1.29 is 9.84 Å². The fraction of sp³-hybridized carbons (Fsp3) is 0.524. The topological polar surface area (TPSA) is 73.8 Å². The highest BCUT2D eigenvalue weighted by Crippen LogP contribution is 2.24. The normalized spacial score (nSPS) is 20.5. The summed E-state index contributed by atoms with van der Waals surface area (Å²) in [6, 6.07) is 10.8. The zero-order chi connectivity index (χ0) is 19.2. The molecule has 2 aliphatic heterocycles. The van der Waals surface area contributed by atoms with Gasteiger partial charge in [-0.05, 0) is 24.0 Å². The van der Waals surface area contributed by atoms with E-state index in [0.717, 1.165) is 70.4 Å². The van der Waals surface area contributed by atoms with Crippen LogP contribution in [0.2, 0.25) is 0 Å². The Morgan fingerprint density at radius 1 is 1.11 bits per heavy atom. The smallest absolute Gasteiger partial charge is 0.134 e. The third-order valence-electron chi connectivity index (χ3n) is 5.51. The molecule has 1 aromatic carbocycles. The molecule has 0 radical (unpaired) electrons. The number of nitrogens with zero attached hydrogens (tertiary/aromatic N) is 4. The maximum atomic E-state index is 9.55. The van der Waals surface area contributed by atoms with Gasteiger partial charge in [0, 0.05) is 38.8 Å². The van der Waals surface area contributed by atoms with Crippen LogP contribution < -0.4 is 10.2 Å². The summed E-state index contributed by atoms with van der Waals surface area (Å²) in [5.41, 5.74) is 2.56. The van der Waals surface area contributed by atoms with Crippen molar-refractivity contribution in [2.45, 2.75) is 32.0 Å². The van der Waals surface area contributed by atoms with Crippen LogP contribution in [0.3, 0.4) is 0 Å². The minimum Gasteiger partial charge on any atom is -0.394 e. The second-order valence-corrected chi connectivity index (χ2v) is 7.50. The lowest BCUT2D eigenvalue weighted by Gasteiger charge is -2.26. The van der Waals surface area contributed by atoms with Crippen molar-refractivity contribution in [2.75, 3.05) is 49.7 Å². The number of aromatic nitrogens is 2. The maximum absolute atomic E-state index is 9.55. The van der Waals surface area contributed by atoms with E-state index < -0.39 is 0 Å². The first-order chi connectivity index (χ1) is 13.8. The summed E-state index contributed by atoms with van der Waals surface area (Å²) in [5.74, 6) is 1.70. The largest absolute Gasteiger partial charge is 0.394 e. The van der Waals surface area contributed by atoms with Crippen molar-refractivity contribution in [3.63, 3.8) is 0 Å². The molecule has 1 unspecified atom stereocenters. The van der Waals surface area contributed by atoms with E-state index in [-0.39, 0.29) is 12.6 Å². The van der Waals surface area contributed by atoms with Crippen molar-refractivity contribution in [2.24, 2.45) is 0 Å². The molecule has 2 aliphatic rings. The second kappa shape index (κ2) is 9.32. The Morgan fingerprint density at radius 2 is 1.96 bits per heavy atom. The lowest BCUT2D eigenvalue weighted by atomic mass is 10.1. The van der Waals surface area contributed by atoms with Gasteiger partial charge in [-0.3, -0.25) is 4.90 Å². The van der Waals surface area contributed by atoms with Gasteiger partial charge in [-0.2, -0.15) is 0 Å². The Morgan fingerprint density at radius 3 is 2.82 bits per heavy atom. The average Bonchev–Trinajstić information content (AvgIpc) is 3.23. The second-order valence-electron chi connectivity index (χ2n) is 7.50. The summed E-state index contributed by atoms with van der Waals surface area (Å²) in [5, 5.41) is 13.0. The van der Waals surface area contributed by atoms with Crippen LogP contribution in [0.5, 0.6) is 0 Å². The molecule has 7 heteroatoms. The predicted molar refractivity (Wildman–Crippen MR) is 109 cm³/mol. The van der Waals surface area contributed by atoms with Crippen LogP contribution >= 0.6 is 0 Å². The molecule has 2 aromatic rings. The van der Waals surface area contributed by atoms with Crippen LogP contribution in [0.1, 0.15) is 24.0 Å². The molecule has 150 valence electrons. The monoisotopic (exact) mass is 383 g/mol. The van der Waals surface area contributed by atoms with E-state index in [1.165, 1.54) is 11.1 Å². The number of benzene rings is 1. The number of aliphatic hydroxyl groups excluding tert-OH is 1. The number of ether oxygens (including phenoxy) is 1. The van der Waals surface area contributed by atoms with Gasteiger partial charge in [-0.25, -0.2) is 9.97 Å². The van der Waals surface area contributed by atoms with E-state index in [9.17, 15) is 5.11 Å². The Balaban J connectivity index is 1.36. The predicted octanol–water partition coefficient (Wildman–Crippen LogP) is 1.88. The minimum absolute atomic E-state index is 0.166. The van der Waals surface area contributed by atoms with Gasteiger partial charge in [-0.1, -0.05) is 24.3 Å². The van der Waals surface area contributed by atoms with Crippen molar-refractivity contribution in [3.05, 3.63) is 47.8 Å².